The van der Waals surface area contributed by atoms with Gasteiger partial charge in [0.25, 0.3) is 11.0 Å². The van der Waals surface area contributed by atoms with Gasteiger partial charge in [-0.05, 0) is 13.4 Å². The Balaban J connectivity index is -0.0000000542. The predicted molar refractivity (Wildman–Crippen MR) is 32.6 cm³/mol. The van der Waals surface area contributed by atoms with Crippen LogP contribution in [-0.4, -0.2) is 26.4 Å². The first-order valence-corrected chi connectivity index (χ1v) is 2.40. The van der Waals surface area contributed by atoms with E-state index < -0.39 is 11.0 Å². The molecule has 0 saturated carbocycles. The van der Waals surface area contributed by atoms with Crippen molar-refractivity contribution < 1.29 is 13.0 Å². The summed E-state index contributed by atoms with van der Waals surface area (Å²) in [6.07, 6.45) is 0. The van der Waals surface area contributed by atoms with Gasteiger partial charge in [-0.15, -0.1) is 0 Å². The summed E-state index contributed by atoms with van der Waals surface area (Å²) in [7, 11) is -3.12. The molecule has 0 aliphatic carbocycles. The van der Waals surface area contributed by atoms with E-state index in [2.05, 4.69) is 13.4 Å². The molecular weight excluding hydrogens is 132 g/mol. The summed E-state index contributed by atoms with van der Waals surface area (Å²) >= 11 is 0. The fraction of sp³-hybridized carbons (Fsp3) is 0. The lowest BCUT2D eigenvalue weighted by atomic mass is 11.8. The summed E-state index contributed by atoms with van der Waals surface area (Å²) < 4.78 is 24.2. The van der Waals surface area contributed by atoms with E-state index in [9.17, 15) is 0 Å². The highest BCUT2D eigenvalue weighted by Crippen LogP contribution is 1.27. The third kappa shape index (κ3) is 169. The number of nitrogens with one attached hydrogen (secondary N) is 2. The maximum atomic E-state index is 8.59. The Labute approximate surface area is 49.1 Å². The molecule has 0 atom stereocenters. The Bertz CT molecular complexity index is 81.3. The van der Waals surface area contributed by atoms with Crippen LogP contribution in [0.2, 0.25) is 0 Å². The van der Waals surface area contributed by atoms with Crippen molar-refractivity contribution >= 4 is 24.4 Å². The van der Waals surface area contributed by atoms with Crippen molar-refractivity contribution in [1.82, 2.24) is 0 Å². The summed E-state index contributed by atoms with van der Waals surface area (Å²) in [6, 6.07) is 0. The lowest BCUT2D eigenvalue weighted by molar-refractivity contribution is 0.509. The van der Waals surface area contributed by atoms with Crippen molar-refractivity contribution in [3.05, 3.63) is 0 Å². The fourth-order valence-corrected chi connectivity index (χ4v) is 0. The zero-order chi connectivity index (χ0) is 7.58. The van der Waals surface area contributed by atoms with Crippen molar-refractivity contribution in [1.29, 1.82) is 10.8 Å². The zero-order valence-corrected chi connectivity index (χ0v) is 5.02. The fourth-order valence-electron chi connectivity index (χ4n) is 0. The quantitative estimate of drug-likeness (QED) is 0.209. The van der Waals surface area contributed by atoms with Gasteiger partial charge in [-0.1, -0.05) is 0 Å². The van der Waals surface area contributed by atoms with E-state index in [-0.39, 0.29) is 0 Å². The highest BCUT2D eigenvalue weighted by atomic mass is 32.2. The summed E-state index contributed by atoms with van der Waals surface area (Å²) in [5, 5.41) is 11.0. The molecule has 50 valence electrons. The molecule has 0 aliphatic heterocycles. The van der Waals surface area contributed by atoms with Gasteiger partial charge in [-0.3, -0.25) is 4.55 Å². The highest BCUT2D eigenvalue weighted by molar-refractivity contribution is 7.66. The number of rotatable bonds is 0. The van der Waals surface area contributed by atoms with E-state index >= 15 is 0 Å². The molecule has 0 rings (SSSR count). The van der Waals surface area contributed by atoms with Gasteiger partial charge in [0, 0.05) is 0 Å². The van der Waals surface area contributed by atoms with Crippen molar-refractivity contribution in [3.8, 4) is 0 Å². The van der Waals surface area contributed by atoms with Gasteiger partial charge in [0.1, 0.15) is 0 Å². The van der Waals surface area contributed by atoms with E-state index in [0.29, 0.717) is 0 Å². The van der Waals surface area contributed by atoms with Gasteiger partial charge in [0.05, 0.1) is 0 Å². The van der Waals surface area contributed by atoms with E-state index in [1.54, 1.807) is 0 Å². The van der Waals surface area contributed by atoms with Crippen LogP contribution >= 0.6 is 0 Å². The van der Waals surface area contributed by atoms with E-state index in [1.165, 1.54) is 0 Å². The van der Waals surface area contributed by atoms with Crippen LogP contribution in [0.1, 0.15) is 0 Å². The molecule has 0 heterocycles. The first-order valence-electron chi connectivity index (χ1n) is 1.27. The van der Waals surface area contributed by atoms with Gasteiger partial charge in [0.2, 0.25) is 0 Å². The molecule has 0 saturated heterocycles. The van der Waals surface area contributed by atoms with Crippen LogP contribution in [0.15, 0.2) is 0 Å². The van der Waals surface area contributed by atoms with Crippen LogP contribution in [0.4, 0.5) is 0 Å². The molecule has 3 N–H and O–H groups in total. The van der Waals surface area contributed by atoms with Gasteiger partial charge >= 0.3 is 0 Å². The smallest absolute Gasteiger partial charge is 0.254 e. The minimum Gasteiger partial charge on any atom is -0.317 e. The molecule has 6 heteroatoms. The van der Waals surface area contributed by atoms with Gasteiger partial charge in [0.15, 0.2) is 0 Å². The molecule has 0 fully saturated rings. The lowest BCUT2D eigenvalue weighted by Crippen LogP contribution is -1.58. The van der Waals surface area contributed by atoms with Gasteiger partial charge in [-0.2, -0.15) is 0 Å². The molecule has 0 amide bonds. The van der Waals surface area contributed by atoms with Crippen molar-refractivity contribution in [2.75, 3.05) is 0 Å². The number of hydrogen-bond donors (Lipinski definition) is 4. The normalized spacial score (nSPS) is 5.25. The van der Waals surface area contributed by atoms with Crippen LogP contribution in [0.25, 0.3) is 0 Å². The average molecular weight is 140 g/mol. The van der Waals surface area contributed by atoms with Crippen LogP contribution in [0.5, 0.6) is 0 Å². The van der Waals surface area contributed by atoms with Crippen LogP contribution in [0.3, 0.4) is 0 Å². The first-order chi connectivity index (χ1) is 3.73. The van der Waals surface area contributed by atoms with Crippen LogP contribution in [0, 0.1) is 10.8 Å². The molecule has 0 unspecified atom stereocenters. The second-order valence-electron chi connectivity index (χ2n) is 0.238. The molecule has 0 aromatic carbocycles. The Kier molecular flexibility index (Phi) is 66.7. The van der Waals surface area contributed by atoms with Crippen molar-refractivity contribution in [2.24, 2.45) is 0 Å². The molecule has 0 spiro atoms. The van der Waals surface area contributed by atoms with Gasteiger partial charge < -0.3 is 10.8 Å². The lowest BCUT2D eigenvalue weighted by Gasteiger charge is -1.43. The number of thiol groups is 1. The molecule has 8 heavy (non-hydrogen) atoms. The Morgan fingerprint density at radius 1 is 1.12 bits per heavy atom. The largest absolute Gasteiger partial charge is 0.317 e. The first kappa shape index (κ1) is 15.7. The topological polar surface area (TPSA) is 102 Å². The molecule has 0 aliphatic rings. The third-order valence-electron chi connectivity index (χ3n) is 0. The van der Waals surface area contributed by atoms with Crippen molar-refractivity contribution in [3.63, 3.8) is 0 Å². The molecule has 5 nitrogen and oxygen atoms in total. The maximum Gasteiger partial charge on any atom is 0.254 e. The van der Waals surface area contributed by atoms with Gasteiger partial charge in [-0.25, -0.2) is 8.42 Å². The summed E-state index contributed by atoms with van der Waals surface area (Å²) in [5.41, 5.74) is 0. The Morgan fingerprint density at radius 3 is 1.12 bits per heavy atom. The average Bonchev–Trinajstić information content (AvgIpc) is 1.75. The summed E-state index contributed by atoms with van der Waals surface area (Å²) in [6.45, 7) is 5.00. The second-order valence-corrected chi connectivity index (χ2v) is 0.714. The molecule has 0 bridgehead atoms. The Morgan fingerprint density at radius 2 is 1.12 bits per heavy atom. The maximum absolute atomic E-state index is 8.59. The summed E-state index contributed by atoms with van der Waals surface area (Å²) in [5.74, 6) is 0. The monoisotopic (exact) mass is 140 g/mol. The van der Waals surface area contributed by atoms with E-state index in [1.807, 2.05) is 0 Å². The summed E-state index contributed by atoms with van der Waals surface area (Å²) in [4.78, 5) is 0. The molecule has 0 aromatic rings. The third-order valence-corrected chi connectivity index (χ3v) is 0. The van der Waals surface area contributed by atoms with Crippen LogP contribution in [-0.2, 0) is 11.0 Å². The minimum absolute atomic E-state index is 2.50. The van der Waals surface area contributed by atoms with E-state index in [4.69, 9.17) is 23.8 Å². The minimum atomic E-state index is -3.12. The zero-order valence-electron chi connectivity index (χ0n) is 4.13. The van der Waals surface area contributed by atoms with E-state index in [0.717, 1.165) is 0 Å². The molecular formula is C2H8N2O3S. The highest BCUT2D eigenvalue weighted by Gasteiger charge is 1.44. The molecule has 0 aromatic heterocycles. The second kappa shape index (κ2) is 34.0. The van der Waals surface area contributed by atoms with Crippen LogP contribution < -0.4 is 0 Å². The predicted octanol–water partition coefficient (Wildman–Crippen LogP) is -0.398. The van der Waals surface area contributed by atoms with Crippen molar-refractivity contribution in [2.45, 2.75) is 0 Å². The standard InChI is InChI=1S/2CH3N.H2O3S/c2*1-2;1-4(2)3/h2*2H,1H2;4H,(H,1,2,3). The SMILES string of the molecule is C=N.C=N.O=[SH](=O)O. The molecule has 0 radical (unpaired) electrons. The Hall–Kier alpha value is -0.750. The number of hydrogen-bond acceptors (Lipinski definition) is 4.